The molecule has 0 heterocycles. The van der Waals surface area contributed by atoms with Crippen LogP contribution in [0.4, 0.5) is 5.69 Å². The average Bonchev–Trinajstić information content (AvgIpc) is 2.90. The van der Waals surface area contributed by atoms with Crippen LogP contribution in [0.2, 0.25) is 0 Å². The Morgan fingerprint density at radius 2 is 1.56 bits per heavy atom. The highest BCUT2D eigenvalue weighted by atomic mass is 79.9. The van der Waals surface area contributed by atoms with Crippen LogP contribution in [0.25, 0.3) is 0 Å². The highest BCUT2D eigenvalue weighted by molar-refractivity contribution is 9.10. The monoisotopic (exact) mass is 613 g/mol. The molecule has 1 N–H and O–H groups in total. The van der Waals surface area contributed by atoms with Gasteiger partial charge in [0.25, 0.3) is 0 Å². The summed E-state index contributed by atoms with van der Waals surface area (Å²) in [7, 11) is -3.82. The van der Waals surface area contributed by atoms with E-state index in [1.165, 1.54) is 4.90 Å². The second kappa shape index (κ2) is 13.8. The summed E-state index contributed by atoms with van der Waals surface area (Å²) in [6.45, 7) is 5.56. The van der Waals surface area contributed by atoms with Crippen LogP contribution in [-0.2, 0) is 32.6 Å². The SMILES string of the molecule is CC[C@H](C)NC(=O)[C@@H](Cc1ccccc1)N(Cc1ccccc1C)C(=O)CN(c1ccccc1Br)S(C)(=O)=O. The van der Waals surface area contributed by atoms with Gasteiger partial charge >= 0.3 is 0 Å². The summed E-state index contributed by atoms with van der Waals surface area (Å²) in [5.41, 5.74) is 3.11. The Morgan fingerprint density at radius 1 is 0.949 bits per heavy atom. The number of rotatable bonds is 12. The number of nitrogens with one attached hydrogen (secondary N) is 1. The Balaban J connectivity index is 2.08. The van der Waals surface area contributed by atoms with Gasteiger partial charge in [-0.25, -0.2) is 8.42 Å². The van der Waals surface area contributed by atoms with E-state index in [9.17, 15) is 18.0 Å². The van der Waals surface area contributed by atoms with E-state index in [1.54, 1.807) is 24.3 Å². The third-order valence-corrected chi connectivity index (χ3v) is 8.47. The van der Waals surface area contributed by atoms with Crippen LogP contribution in [0.3, 0.4) is 0 Å². The quantitative estimate of drug-likeness (QED) is 0.309. The molecule has 0 unspecified atom stereocenters. The first-order valence-electron chi connectivity index (χ1n) is 12.9. The van der Waals surface area contributed by atoms with Gasteiger partial charge in [0, 0.05) is 23.5 Å². The summed E-state index contributed by atoms with van der Waals surface area (Å²) < 4.78 is 27.4. The average molecular weight is 615 g/mol. The van der Waals surface area contributed by atoms with Crippen LogP contribution in [0.1, 0.15) is 37.0 Å². The van der Waals surface area contributed by atoms with E-state index in [2.05, 4.69) is 21.2 Å². The lowest BCUT2D eigenvalue weighted by atomic mass is 10.0. The van der Waals surface area contributed by atoms with Gasteiger partial charge in [0.05, 0.1) is 11.9 Å². The maximum Gasteiger partial charge on any atom is 0.244 e. The Kier molecular flexibility index (Phi) is 10.7. The molecule has 3 rings (SSSR count). The van der Waals surface area contributed by atoms with Gasteiger partial charge in [-0.3, -0.25) is 13.9 Å². The van der Waals surface area contributed by atoms with Gasteiger partial charge in [-0.1, -0.05) is 73.7 Å². The molecule has 39 heavy (non-hydrogen) atoms. The van der Waals surface area contributed by atoms with E-state index in [1.807, 2.05) is 75.4 Å². The van der Waals surface area contributed by atoms with E-state index < -0.39 is 28.5 Å². The molecule has 0 aliphatic heterocycles. The number of halogens is 1. The van der Waals surface area contributed by atoms with Crippen LogP contribution in [0, 0.1) is 6.92 Å². The van der Waals surface area contributed by atoms with Crippen LogP contribution >= 0.6 is 15.9 Å². The largest absolute Gasteiger partial charge is 0.352 e. The molecule has 0 saturated carbocycles. The van der Waals surface area contributed by atoms with Gasteiger partial charge in [0.2, 0.25) is 21.8 Å². The minimum Gasteiger partial charge on any atom is -0.352 e. The van der Waals surface area contributed by atoms with E-state index in [0.29, 0.717) is 10.2 Å². The van der Waals surface area contributed by atoms with Crippen molar-refractivity contribution < 1.29 is 18.0 Å². The highest BCUT2D eigenvalue weighted by Gasteiger charge is 2.34. The van der Waals surface area contributed by atoms with Crippen molar-refractivity contribution in [1.82, 2.24) is 10.2 Å². The zero-order chi connectivity index (χ0) is 28.6. The van der Waals surface area contributed by atoms with Crippen molar-refractivity contribution in [2.24, 2.45) is 0 Å². The second-order valence-corrected chi connectivity index (χ2v) is 12.5. The number of para-hydroxylation sites is 1. The number of sulfonamides is 1. The minimum absolute atomic E-state index is 0.0843. The zero-order valence-electron chi connectivity index (χ0n) is 22.8. The van der Waals surface area contributed by atoms with Crippen LogP contribution in [0.15, 0.2) is 83.3 Å². The maximum atomic E-state index is 14.1. The number of carbonyl (C=O) groups is 2. The van der Waals surface area contributed by atoms with Gasteiger partial charge < -0.3 is 10.2 Å². The fraction of sp³-hybridized carbons (Fsp3) is 0.333. The summed E-state index contributed by atoms with van der Waals surface area (Å²) in [6.07, 6.45) is 2.09. The lowest BCUT2D eigenvalue weighted by Crippen LogP contribution is -2.54. The first-order valence-corrected chi connectivity index (χ1v) is 15.6. The van der Waals surface area contributed by atoms with Crippen molar-refractivity contribution in [1.29, 1.82) is 0 Å². The molecular formula is C30H36BrN3O4S. The Bertz CT molecular complexity index is 1380. The lowest BCUT2D eigenvalue weighted by molar-refractivity contribution is -0.140. The number of aryl methyl sites for hydroxylation is 1. The van der Waals surface area contributed by atoms with Gasteiger partial charge in [-0.05, 0) is 65.0 Å². The molecule has 0 radical (unpaired) electrons. The Hall–Kier alpha value is -3.17. The Labute approximate surface area is 240 Å². The molecule has 2 amide bonds. The molecule has 0 spiro atoms. The van der Waals surface area contributed by atoms with Crippen molar-refractivity contribution in [3.8, 4) is 0 Å². The van der Waals surface area contributed by atoms with Crippen molar-refractivity contribution in [3.63, 3.8) is 0 Å². The second-order valence-electron chi connectivity index (χ2n) is 9.69. The van der Waals surface area contributed by atoms with Crippen molar-refractivity contribution in [3.05, 3.63) is 100 Å². The molecule has 0 bridgehead atoms. The molecule has 0 fully saturated rings. The summed E-state index contributed by atoms with van der Waals surface area (Å²) in [6, 6.07) is 23.1. The number of benzene rings is 3. The Morgan fingerprint density at radius 3 is 2.18 bits per heavy atom. The number of hydrogen-bond donors (Lipinski definition) is 1. The lowest BCUT2D eigenvalue weighted by Gasteiger charge is -2.34. The van der Waals surface area contributed by atoms with E-state index in [-0.39, 0.29) is 24.9 Å². The third-order valence-electron chi connectivity index (χ3n) is 6.67. The molecule has 3 aromatic carbocycles. The molecule has 2 atom stereocenters. The van der Waals surface area contributed by atoms with Crippen molar-refractivity contribution in [2.75, 3.05) is 17.1 Å². The van der Waals surface area contributed by atoms with Gasteiger partial charge in [-0.2, -0.15) is 0 Å². The van der Waals surface area contributed by atoms with Crippen molar-refractivity contribution >= 4 is 43.5 Å². The fourth-order valence-electron chi connectivity index (χ4n) is 4.21. The van der Waals surface area contributed by atoms with E-state index in [4.69, 9.17) is 0 Å². The summed E-state index contributed by atoms with van der Waals surface area (Å²) in [5, 5.41) is 3.04. The van der Waals surface area contributed by atoms with E-state index in [0.717, 1.165) is 33.7 Å². The molecule has 0 aliphatic rings. The van der Waals surface area contributed by atoms with Gasteiger partial charge in [-0.15, -0.1) is 0 Å². The molecular weight excluding hydrogens is 578 g/mol. The van der Waals surface area contributed by atoms with Crippen molar-refractivity contribution in [2.45, 2.75) is 52.2 Å². The summed E-state index contributed by atoms with van der Waals surface area (Å²) in [4.78, 5) is 29.3. The predicted molar refractivity (Wildman–Crippen MR) is 160 cm³/mol. The first kappa shape index (κ1) is 30.4. The highest BCUT2D eigenvalue weighted by Crippen LogP contribution is 2.28. The molecule has 0 aliphatic carbocycles. The topological polar surface area (TPSA) is 86.8 Å². The summed E-state index contributed by atoms with van der Waals surface area (Å²) >= 11 is 3.42. The number of anilines is 1. The molecule has 9 heteroatoms. The normalized spacial score (nSPS) is 12.8. The van der Waals surface area contributed by atoms with Gasteiger partial charge in [0.1, 0.15) is 12.6 Å². The zero-order valence-corrected chi connectivity index (χ0v) is 25.2. The van der Waals surface area contributed by atoms with Crippen LogP contribution in [-0.4, -0.2) is 50.0 Å². The minimum atomic E-state index is -3.82. The fourth-order valence-corrected chi connectivity index (χ4v) is 5.69. The molecule has 208 valence electrons. The smallest absolute Gasteiger partial charge is 0.244 e. The van der Waals surface area contributed by atoms with Gasteiger partial charge in [0.15, 0.2) is 0 Å². The summed E-state index contributed by atoms with van der Waals surface area (Å²) in [5.74, 6) is -0.749. The standard InChI is InChI=1S/C30H36BrN3O4S/c1-5-23(3)32-30(36)28(19-24-14-7-6-8-15-24)33(20-25-16-10-9-13-22(25)2)29(35)21-34(39(4,37)38)27-18-12-11-17-26(27)31/h6-18,23,28H,5,19-21H2,1-4H3,(H,32,36)/t23-,28+/m0/s1. The maximum absolute atomic E-state index is 14.1. The molecule has 0 aromatic heterocycles. The number of hydrogen-bond acceptors (Lipinski definition) is 4. The predicted octanol–water partition coefficient (Wildman–Crippen LogP) is 5.08. The first-order chi connectivity index (χ1) is 18.5. The number of amides is 2. The van der Waals surface area contributed by atoms with Crippen LogP contribution in [0.5, 0.6) is 0 Å². The van der Waals surface area contributed by atoms with E-state index >= 15 is 0 Å². The number of nitrogens with zero attached hydrogens (tertiary/aromatic N) is 2. The molecule has 3 aromatic rings. The van der Waals surface area contributed by atoms with Crippen LogP contribution < -0.4 is 9.62 Å². The number of carbonyl (C=O) groups excluding carboxylic acids is 2. The molecule has 0 saturated heterocycles. The molecule has 7 nitrogen and oxygen atoms in total. The third kappa shape index (κ3) is 8.41.